The quantitative estimate of drug-likeness (QED) is 0.507. The molecule has 2 N–H and O–H groups in total. The molecule has 0 aliphatic heterocycles. The third kappa shape index (κ3) is 4.85. The van der Waals surface area contributed by atoms with E-state index < -0.39 is 0 Å². The van der Waals surface area contributed by atoms with Crippen molar-refractivity contribution in [3.8, 4) is 0 Å². The van der Waals surface area contributed by atoms with Crippen LogP contribution >= 0.6 is 12.2 Å². The highest BCUT2D eigenvalue weighted by Gasteiger charge is 1.94. The van der Waals surface area contributed by atoms with Gasteiger partial charge in [0.25, 0.3) is 0 Å². The standard InChI is InChI=1S/C14H14N4S/c19-14(16-10-12-4-2-1-3-5-12)18-17-11-13-6-8-15-9-7-13/h1-9,11H,10H2,(H2,16,18,19). The van der Waals surface area contributed by atoms with Gasteiger partial charge in [-0.05, 0) is 35.5 Å². The second kappa shape index (κ2) is 7.23. The lowest BCUT2D eigenvalue weighted by molar-refractivity contribution is 0.869. The van der Waals surface area contributed by atoms with Crippen LogP contribution in [0.3, 0.4) is 0 Å². The van der Waals surface area contributed by atoms with Gasteiger partial charge in [0.1, 0.15) is 0 Å². The molecule has 0 unspecified atom stereocenters. The first-order valence-corrected chi connectivity index (χ1v) is 6.26. The van der Waals surface area contributed by atoms with Crippen molar-refractivity contribution >= 4 is 23.5 Å². The van der Waals surface area contributed by atoms with E-state index in [0.717, 1.165) is 5.56 Å². The molecule has 19 heavy (non-hydrogen) atoms. The van der Waals surface area contributed by atoms with E-state index in [4.69, 9.17) is 12.2 Å². The second-order valence-electron chi connectivity index (χ2n) is 3.82. The molecule has 1 aromatic carbocycles. The number of nitrogens with one attached hydrogen (secondary N) is 2. The van der Waals surface area contributed by atoms with Crippen LogP contribution in [0.2, 0.25) is 0 Å². The van der Waals surface area contributed by atoms with Gasteiger partial charge in [-0.15, -0.1) is 0 Å². The minimum atomic E-state index is 0.495. The van der Waals surface area contributed by atoms with Crippen molar-refractivity contribution in [3.63, 3.8) is 0 Å². The van der Waals surface area contributed by atoms with Gasteiger partial charge in [-0.25, -0.2) is 0 Å². The number of rotatable bonds is 4. The minimum Gasteiger partial charge on any atom is -0.357 e. The number of nitrogens with zero attached hydrogens (tertiary/aromatic N) is 2. The lowest BCUT2D eigenvalue weighted by Crippen LogP contribution is -2.31. The highest BCUT2D eigenvalue weighted by molar-refractivity contribution is 7.80. The fourth-order valence-corrected chi connectivity index (χ4v) is 1.56. The number of hydrogen-bond donors (Lipinski definition) is 2. The molecule has 96 valence electrons. The predicted molar refractivity (Wildman–Crippen MR) is 80.8 cm³/mol. The summed E-state index contributed by atoms with van der Waals surface area (Å²) in [5.41, 5.74) is 4.91. The molecular formula is C14H14N4S. The zero-order valence-corrected chi connectivity index (χ0v) is 11.1. The molecule has 0 saturated heterocycles. The van der Waals surface area contributed by atoms with Crippen LogP contribution < -0.4 is 10.7 Å². The summed E-state index contributed by atoms with van der Waals surface area (Å²) in [6.45, 7) is 0.678. The van der Waals surface area contributed by atoms with Crippen molar-refractivity contribution in [1.29, 1.82) is 0 Å². The molecule has 0 bridgehead atoms. The molecule has 1 heterocycles. The van der Waals surface area contributed by atoms with Gasteiger partial charge >= 0.3 is 0 Å². The van der Waals surface area contributed by atoms with Crippen LogP contribution in [0.4, 0.5) is 0 Å². The Bertz CT molecular complexity index is 540. The van der Waals surface area contributed by atoms with Crippen LogP contribution in [0.25, 0.3) is 0 Å². The zero-order chi connectivity index (χ0) is 13.3. The first-order chi connectivity index (χ1) is 9.34. The molecule has 0 spiro atoms. The van der Waals surface area contributed by atoms with E-state index in [1.54, 1.807) is 18.6 Å². The molecule has 4 nitrogen and oxygen atoms in total. The summed E-state index contributed by atoms with van der Waals surface area (Å²) in [7, 11) is 0. The predicted octanol–water partition coefficient (Wildman–Crippen LogP) is 2.08. The van der Waals surface area contributed by atoms with Gasteiger partial charge in [0.05, 0.1) is 6.21 Å². The van der Waals surface area contributed by atoms with Crippen molar-refractivity contribution in [1.82, 2.24) is 15.7 Å². The van der Waals surface area contributed by atoms with Crippen molar-refractivity contribution in [2.24, 2.45) is 5.10 Å². The number of aromatic nitrogens is 1. The molecule has 0 fully saturated rings. The lowest BCUT2D eigenvalue weighted by atomic mass is 10.2. The SMILES string of the molecule is S=C(NCc1ccccc1)NN=Cc1ccncc1. The van der Waals surface area contributed by atoms with Gasteiger partial charge in [-0.3, -0.25) is 10.4 Å². The fourth-order valence-electron chi connectivity index (χ4n) is 1.43. The molecule has 0 radical (unpaired) electrons. The van der Waals surface area contributed by atoms with Crippen LogP contribution in [0, 0.1) is 0 Å². The first kappa shape index (κ1) is 13.2. The number of benzene rings is 1. The Morgan fingerprint density at radius 1 is 1.16 bits per heavy atom. The van der Waals surface area contributed by atoms with Crippen molar-refractivity contribution in [3.05, 3.63) is 66.0 Å². The van der Waals surface area contributed by atoms with E-state index in [1.807, 2.05) is 42.5 Å². The van der Waals surface area contributed by atoms with E-state index in [2.05, 4.69) is 20.8 Å². The van der Waals surface area contributed by atoms with Crippen molar-refractivity contribution in [2.45, 2.75) is 6.54 Å². The molecule has 0 saturated carbocycles. The number of pyridine rings is 1. The van der Waals surface area contributed by atoms with E-state index in [1.165, 1.54) is 5.56 Å². The maximum atomic E-state index is 5.12. The number of hydrogen-bond acceptors (Lipinski definition) is 3. The Hall–Kier alpha value is -2.27. The number of thiocarbonyl (C=S) groups is 1. The topological polar surface area (TPSA) is 49.3 Å². The van der Waals surface area contributed by atoms with Crippen molar-refractivity contribution < 1.29 is 0 Å². The van der Waals surface area contributed by atoms with Crippen LogP contribution in [-0.2, 0) is 6.54 Å². The largest absolute Gasteiger partial charge is 0.357 e. The third-order valence-corrected chi connectivity index (χ3v) is 2.62. The maximum absolute atomic E-state index is 5.12. The van der Waals surface area contributed by atoms with E-state index in [9.17, 15) is 0 Å². The summed E-state index contributed by atoms with van der Waals surface area (Å²) in [4.78, 5) is 3.93. The maximum Gasteiger partial charge on any atom is 0.187 e. The van der Waals surface area contributed by atoms with Crippen molar-refractivity contribution in [2.75, 3.05) is 0 Å². The zero-order valence-electron chi connectivity index (χ0n) is 10.3. The van der Waals surface area contributed by atoms with E-state index in [-0.39, 0.29) is 0 Å². The average molecular weight is 270 g/mol. The summed E-state index contributed by atoms with van der Waals surface area (Å²) in [6.07, 6.45) is 5.12. The average Bonchev–Trinajstić information content (AvgIpc) is 2.47. The normalized spacial score (nSPS) is 10.3. The molecule has 0 aliphatic carbocycles. The minimum absolute atomic E-state index is 0.495. The Morgan fingerprint density at radius 2 is 1.89 bits per heavy atom. The Balaban J connectivity index is 1.75. The second-order valence-corrected chi connectivity index (χ2v) is 4.23. The van der Waals surface area contributed by atoms with E-state index >= 15 is 0 Å². The molecule has 0 amide bonds. The summed E-state index contributed by atoms with van der Waals surface area (Å²) in [6, 6.07) is 13.8. The summed E-state index contributed by atoms with van der Waals surface area (Å²) >= 11 is 5.12. The Kier molecular flexibility index (Phi) is 5.01. The highest BCUT2D eigenvalue weighted by Crippen LogP contribution is 1.96. The molecule has 1 aromatic heterocycles. The molecule has 0 aliphatic rings. The fraction of sp³-hybridized carbons (Fsp3) is 0.0714. The third-order valence-electron chi connectivity index (χ3n) is 2.38. The van der Waals surface area contributed by atoms with E-state index in [0.29, 0.717) is 11.7 Å². The van der Waals surface area contributed by atoms with Crippen LogP contribution in [0.5, 0.6) is 0 Å². The number of hydrazone groups is 1. The van der Waals surface area contributed by atoms with Gasteiger partial charge in [0, 0.05) is 18.9 Å². The Morgan fingerprint density at radius 3 is 2.63 bits per heavy atom. The van der Waals surface area contributed by atoms with Crippen LogP contribution in [0.1, 0.15) is 11.1 Å². The van der Waals surface area contributed by atoms with Gasteiger partial charge < -0.3 is 5.32 Å². The first-order valence-electron chi connectivity index (χ1n) is 5.85. The monoisotopic (exact) mass is 270 g/mol. The smallest absolute Gasteiger partial charge is 0.187 e. The van der Waals surface area contributed by atoms with Crippen LogP contribution in [-0.4, -0.2) is 16.3 Å². The summed E-state index contributed by atoms with van der Waals surface area (Å²) in [5, 5.41) is 7.62. The molecular weight excluding hydrogens is 256 g/mol. The van der Waals surface area contributed by atoms with Gasteiger partial charge in [0.2, 0.25) is 0 Å². The lowest BCUT2D eigenvalue weighted by Gasteiger charge is -2.06. The summed E-state index contributed by atoms with van der Waals surface area (Å²) < 4.78 is 0. The molecule has 2 rings (SSSR count). The van der Waals surface area contributed by atoms with Gasteiger partial charge in [-0.1, -0.05) is 30.3 Å². The molecule has 0 atom stereocenters. The van der Waals surface area contributed by atoms with Gasteiger partial charge in [0.15, 0.2) is 5.11 Å². The Labute approximate surface area is 117 Å². The summed E-state index contributed by atoms with van der Waals surface area (Å²) in [5.74, 6) is 0. The molecule has 5 heteroatoms. The highest BCUT2D eigenvalue weighted by atomic mass is 32.1. The van der Waals surface area contributed by atoms with Crippen LogP contribution in [0.15, 0.2) is 60.0 Å². The molecule has 2 aromatic rings. The van der Waals surface area contributed by atoms with Gasteiger partial charge in [-0.2, -0.15) is 5.10 Å².